The maximum Gasteiger partial charge on any atom is 0.227 e. The zero-order chi connectivity index (χ0) is 22.0. The summed E-state index contributed by atoms with van der Waals surface area (Å²) >= 11 is 0. The minimum atomic E-state index is -0.0792. The Morgan fingerprint density at radius 2 is 2.03 bits per heavy atom. The van der Waals surface area contributed by atoms with Crippen molar-refractivity contribution < 1.29 is 9.90 Å². The molecule has 9 heteroatoms. The van der Waals surface area contributed by atoms with Crippen LogP contribution in [-0.4, -0.2) is 46.1 Å². The Morgan fingerprint density at radius 3 is 2.68 bits per heavy atom. The number of rotatable bonds is 9. The Bertz CT molecular complexity index is 1060. The summed E-state index contributed by atoms with van der Waals surface area (Å²) in [5.41, 5.74) is 3.66. The molecule has 1 atom stereocenters. The molecule has 162 valence electrons. The first-order valence-corrected chi connectivity index (χ1v) is 10.8. The number of aliphatic hydroxyl groups excluding tert-OH is 1. The van der Waals surface area contributed by atoms with Gasteiger partial charge in [0.15, 0.2) is 5.65 Å². The van der Waals surface area contributed by atoms with Crippen molar-refractivity contribution in [3.8, 4) is 0 Å². The van der Waals surface area contributed by atoms with Gasteiger partial charge in [-0.2, -0.15) is 9.61 Å². The molecule has 0 bridgehead atoms. The monoisotopic (exact) mass is 420 g/mol. The van der Waals surface area contributed by atoms with Gasteiger partial charge in [-0.05, 0) is 41.9 Å². The number of amides is 1. The number of fused-ring (bicyclic) bond motifs is 1. The third-order valence-electron chi connectivity index (χ3n) is 5.63. The predicted molar refractivity (Wildman–Crippen MR) is 126 cm³/mol. The van der Waals surface area contributed by atoms with E-state index in [2.05, 4.69) is 39.9 Å². The normalized spacial score (nSPS) is 14.6. The van der Waals surface area contributed by atoms with Crippen LogP contribution in [0.25, 0.3) is 5.65 Å². The summed E-state index contributed by atoms with van der Waals surface area (Å²) in [6, 6.07) is 9.70. The minimum absolute atomic E-state index is 0.0369. The van der Waals surface area contributed by atoms with Gasteiger partial charge in [0.05, 0.1) is 12.6 Å². The van der Waals surface area contributed by atoms with Gasteiger partial charge >= 0.3 is 0 Å². The maximum absolute atomic E-state index is 11.9. The van der Waals surface area contributed by atoms with Crippen molar-refractivity contribution in [3.05, 3.63) is 42.1 Å². The number of carbonyl (C=O) groups excluding carboxylic acids is 1. The molecule has 4 rings (SSSR count). The van der Waals surface area contributed by atoms with Crippen molar-refractivity contribution in [1.29, 1.82) is 0 Å². The number of aliphatic hydroxyl groups is 1. The molecule has 1 saturated carbocycles. The van der Waals surface area contributed by atoms with Crippen molar-refractivity contribution in [1.82, 2.24) is 14.6 Å². The zero-order valence-corrected chi connectivity index (χ0v) is 18.2. The summed E-state index contributed by atoms with van der Waals surface area (Å²) in [6.45, 7) is 4.76. The molecule has 1 amide bonds. The van der Waals surface area contributed by atoms with Gasteiger partial charge in [-0.25, -0.2) is 4.98 Å². The average molecular weight is 420 g/mol. The fraction of sp³-hybridized carbons (Fsp3) is 0.409. The van der Waals surface area contributed by atoms with Gasteiger partial charge in [-0.1, -0.05) is 26.0 Å². The third kappa shape index (κ3) is 4.99. The quantitative estimate of drug-likeness (QED) is 0.390. The Morgan fingerprint density at radius 1 is 1.29 bits per heavy atom. The molecule has 0 radical (unpaired) electrons. The highest BCUT2D eigenvalue weighted by Gasteiger charge is 2.29. The largest absolute Gasteiger partial charge is 0.394 e. The number of benzene rings is 1. The van der Waals surface area contributed by atoms with Crippen LogP contribution in [0, 0.1) is 11.8 Å². The molecular weight excluding hydrogens is 391 g/mol. The lowest BCUT2D eigenvalue weighted by molar-refractivity contribution is -0.117. The van der Waals surface area contributed by atoms with Crippen molar-refractivity contribution >= 4 is 42.2 Å². The average Bonchev–Trinajstić information content (AvgIpc) is 3.55. The predicted octanol–water partition coefficient (Wildman–Crippen LogP) is 1.38. The summed E-state index contributed by atoms with van der Waals surface area (Å²) in [5.74, 6) is 2.08. The molecule has 1 aliphatic carbocycles. The van der Waals surface area contributed by atoms with Crippen LogP contribution in [0.1, 0.15) is 32.3 Å². The van der Waals surface area contributed by atoms with E-state index in [-0.39, 0.29) is 30.4 Å². The van der Waals surface area contributed by atoms with Gasteiger partial charge < -0.3 is 21.1 Å². The number of hydrogen-bond donors (Lipinski definition) is 4. The first-order valence-electron chi connectivity index (χ1n) is 10.8. The molecule has 0 spiro atoms. The molecule has 0 aliphatic heterocycles. The van der Waals surface area contributed by atoms with Crippen molar-refractivity contribution in [2.45, 2.75) is 39.3 Å². The minimum Gasteiger partial charge on any atom is -0.394 e. The topological polar surface area (TPSA) is 104 Å². The highest BCUT2D eigenvalue weighted by molar-refractivity contribution is 6.36. The van der Waals surface area contributed by atoms with Crippen LogP contribution < -0.4 is 21.4 Å². The number of nitrogens with zero attached hydrogens (tertiary/aromatic N) is 3. The van der Waals surface area contributed by atoms with Crippen LogP contribution in [0.15, 0.2) is 36.5 Å². The van der Waals surface area contributed by atoms with Crippen LogP contribution in [0.2, 0.25) is 0 Å². The van der Waals surface area contributed by atoms with Crippen LogP contribution in [0.4, 0.5) is 17.3 Å². The summed E-state index contributed by atoms with van der Waals surface area (Å²) in [6.07, 6.45) is 3.78. The highest BCUT2D eigenvalue weighted by atomic mass is 16.3. The molecular formula is C22H29BN6O2. The molecule has 0 saturated heterocycles. The molecule has 8 nitrogen and oxygen atoms in total. The maximum atomic E-state index is 11.9. The Kier molecular flexibility index (Phi) is 6.13. The van der Waals surface area contributed by atoms with Gasteiger partial charge in [0, 0.05) is 30.4 Å². The third-order valence-corrected chi connectivity index (χ3v) is 5.63. The second-order valence-corrected chi connectivity index (χ2v) is 8.58. The summed E-state index contributed by atoms with van der Waals surface area (Å²) in [7, 11) is 1.98. The fourth-order valence-electron chi connectivity index (χ4n) is 3.37. The zero-order valence-electron chi connectivity index (χ0n) is 18.2. The second-order valence-electron chi connectivity index (χ2n) is 8.58. The molecule has 1 aliphatic rings. The van der Waals surface area contributed by atoms with E-state index in [1.807, 2.05) is 38.2 Å². The molecule has 1 aromatic carbocycles. The van der Waals surface area contributed by atoms with E-state index in [4.69, 9.17) is 0 Å². The molecule has 0 unspecified atom stereocenters. The molecule has 2 aromatic heterocycles. The van der Waals surface area contributed by atoms with E-state index >= 15 is 0 Å². The van der Waals surface area contributed by atoms with Gasteiger partial charge in [-0.15, -0.1) is 0 Å². The molecule has 2 heterocycles. The smallest absolute Gasteiger partial charge is 0.227 e. The summed E-state index contributed by atoms with van der Waals surface area (Å²) in [5, 5.41) is 23.8. The summed E-state index contributed by atoms with van der Waals surface area (Å²) < 4.78 is 1.79. The molecule has 4 N–H and O–H groups in total. The van der Waals surface area contributed by atoms with Crippen molar-refractivity contribution in [2.75, 3.05) is 22.6 Å². The lowest BCUT2D eigenvalue weighted by Gasteiger charge is -2.21. The van der Waals surface area contributed by atoms with E-state index in [9.17, 15) is 9.90 Å². The van der Waals surface area contributed by atoms with E-state index in [1.54, 1.807) is 10.7 Å². The lowest BCUT2D eigenvalue weighted by Crippen LogP contribution is -2.30. The first-order chi connectivity index (χ1) is 14.9. The van der Waals surface area contributed by atoms with Gasteiger partial charge in [0.2, 0.25) is 5.91 Å². The van der Waals surface area contributed by atoms with E-state index in [1.165, 1.54) is 0 Å². The molecule has 3 aromatic rings. The van der Waals surface area contributed by atoms with Gasteiger partial charge in [0.1, 0.15) is 19.5 Å². The van der Waals surface area contributed by atoms with E-state index in [0.29, 0.717) is 12.4 Å². The van der Waals surface area contributed by atoms with Crippen LogP contribution in [0.5, 0.6) is 0 Å². The lowest BCUT2D eigenvalue weighted by atomic mass is 10.0. The SMILES string of the molecule is Bc1cnn2c(NCc3ccc(NC(=O)C4CC4)cc3)cc(N[C@H](CO)C(C)C)nc12. The molecule has 31 heavy (non-hydrogen) atoms. The second kappa shape index (κ2) is 8.97. The number of hydrogen-bond acceptors (Lipinski definition) is 6. The Labute approximate surface area is 182 Å². The van der Waals surface area contributed by atoms with Crippen LogP contribution in [-0.2, 0) is 11.3 Å². The fourth-order valence-corrected chi connectivity index (χ4v) is 3.37. The summed E-state index contributed by atoms with van der Waals surface area (Å²) in [4.78, 5) is 16.6. The number of nitrogens with one attached hydrogen (secondary N) is 3. The van der Waals surface area contributed by atoms with Crippen LogP contribution in [0.3, 0.4) is 0 Å². The van der Waals surface area contributed by atoms with Gasteiger partial charge in [-0.3, -0.25) is 4.79 Å². The Balaban J connectivity index is 1.48. The number of anilines is 3. The van der Waals surface area contributed by atoms with E-state index in [0.717, 1.165) is 41.0 Å². The highest BCUT2D eigenvalue weighted by Crippen LogP contribution is 2.30. The van der Waals surface area contributed by atoms with E-state index < -0.39 is 0 Å². The number of carbonyl (C=O) groups is 1. The standard InChI is InChI=1S/C22H29BN6O2/c1-13(2)18(12-30)27-19-9-20(29-21(28-19)17(23)11-25-29)24-10-14-3-7-16(8-4-14)26-22(31)15-5-6-15/h3-4,7-9,11,13,15,18,24,30H,5-6,10,12,23H2,1-2H3,(H,26,31)(H,27,28)/t18-/m1/s1. The Hall–Kier alpha value is -3.07. The van der Waals surface area contributed by atoms with Crippen LogP contribution >= 0.6 is 0 Å². The van der Waals surface area contributed by atoms with Gasteiger partial charge in [0.25, 0.3) is 0 Å². The van der Waals surface area contributed by atoms with Crippen molar-refractivity contribution in [2.24, 2.45) is 11.8 Å². The van der Waals surface area contributed by atoms with Crippen molar-refractivity contribution in [3.63, 3.8) is 0 Å². The first kappa shape index (κ1) is 21.2. The molecule has 1 fully saturated rings. The number of aromatic nitrogens is 3.